The highest BCUT2D eigenvalue weighted by atomic mass is 16.5. The molecule has 1 aromatic rings. The van der Waals surface area contributed by atoms with Crippen LogP contribution in [0, 0.1) is 11.8 Å². The predicted molar refractivity (Wildman–Crippen MR) is 65.0 cm³/mol. The maximum Gasteiger partial charge on any atom is 0.0525 e. The number of hydrogen-bond acceptors (Lipinski definition) is 2. The van der Waals surface area contributed by atoms with E-state index in [0.29, 0.717) is 5.92 Å². The molecule has 1 saturated heterocycles. The van der Waals surface area contributed by atoms with E-state index in [1.165, 1.54) is 25.0 Å². The number of H-pyrrole nitrogens is 1. The Kier molecular flexibility index (Phi) is 2.29. The minimum atomic E-state index is 0.669. The first-order valence-corrected chi connectivity index (χ1v) is 7.06. The van der Waals surface area contributed by atoms with Crippen molar-refractivity contribution in [3.05, 3.63) is 17.5 Å². The number of hydrogen-bond donors (Lipinski definition) is 1. The lowest BCUT2D eigenvalue weighted by molar-refractivity contribution is 0.0843. The lowest BCUT2D eigenvalue weighted by atomic mass is 9.91. The Labute approximate surface area is 102 Å². The highest BCUT2D eigenvalue weighted by Gasteiger charge is 2.54. The smallest absolute Gasteiger partial charge is 0.0525 e. The number of fused-ring (bicyclic) bond motifs is 1. The molecule has 0 radical (unpaired) electrons. The molecule has 0 spiro atoms. The van der Waals surface area contributed by atoms with Crippen LogP contribution in [0.25, 0.3) is 0 Å². The molecule has 2 heterocycles. The van der Waals surface area contributed by atoms with Gasteiger partial charge in [0.05, 0.1) is 6.20 Å². The standard InChI is InChI=1S/C14H20N2O/c1-2-10-11(3-1)13(10)12-8-15-16-14(12)9-4-6-17-7-5-9/h8-11,13H,1-7H2,(H,15,16). The van der Waals surface area contributed by atoms with Crippen LogP contribution in [0.2, 0.25) is 0 Å². The lowest BCUT2D eigenvalue weighted by Crippen LogP contribution is -2.15. The van der Waals surface area contributed by atoms with Crippen LogP contribution in [0.5, 0.6) is 0 Å². The normalized spacial score (nSPS) is 37.1. The molecule has 1 N–H and O–H groups in total. The number of aromatic amines is 1. The fourth-order valence-corrected chi connectivity index (χ4v) is 4.17. The number of nitrogens with zero attached hydrogens (tertiary/aromatic N) is 1. The van der Waals surface area contributed by atoms with Crippen molar-refractivity contribution in [2.45, 2.75) is 43.9 Å². The van der Waals surface area contributed by atoms with E-state index in [-0.39, 0.29) is 0 Å². The summed E-state index contributed by atoms with van der Waals surface area (Å²) in [6.07, 6.45) is 8.79. The SMILES string of the molecule is c1n[nH]c(C2CCOCC2)c1C1C2CCCC21. The molecule has 0 aromatic carbocycles. The number of rotatable bonds is 2. The van der Waals surface area contributed by atoms with Gasteiger partial charge in [-0.1, -0.05) is 6.42 Å². The molecule has 1 aliphatic heterocycles. The molecular formula is C14H20N2O. The molecule has 0 amide bonds. The summed E-state index contributed by atoms with van der Waals surface area (Å²) >= 11 is 0. The van der Waals surface area contributed by atoms with Gasteiger partial charge in [0.1, 0.15) is 0 Å². The molecule has 3 aliphatic rings. The molecular weight excluding hydrogens is 212 g/mol. The average Bonchev–Trinajstić information content (AvgIpc) is 2.80. The Morgan fingerprint density at radius 2 is 1.88 bits per heavy atom. The third-order valence-corrected chi connectivity index (χ3v) is 5.09. The van der Waals surface area contributed by atoms with Crippen LogP contribution < -0.4 is 0 Å². The van der Waals surface area contributed by atoms with Crippen molar-refractivity contribution in [1.29, 1.82) is 0 Å². The molecule has 3 nitrogen and oxygen atoms in total. The molecule has 92 valence electrons. The van der Waals surface area contributed by atoms with Crippen LogP contribution >= 0.6 is 0 Å². The van der Waals surface area contributed by atoms with Crippen molar-refractivity contribution >= 4 is 0 Å². The monoisotopic (exact) mass is 232 g/mol. The summed E-state index contributed by atoms with van der Waals surface area (Å²) in [6.45, 7) is 1.83. The van der Waals surface area contributed by atoms with Gasteiger partial charge in [-0.05, 0) is 49.0 Å². The number of ether oxygens (including phenoxy) is 1. The van der Waals surface area contributed by atoms with Crippen LogP contribution in [0.4, 0.5) is 0 Å². The van der Waals surface area contributed by atoms with Gasteiger partial charge in [0.15, 0.2) is 0 Å². The first-order valence-electron chi connectivity index (χ1n) is 7.06. The highest BCUT2D eigenvalue weighted by Crippen LogP contribution is 2.63. The molecule has 3 fully saturated rings. The van der Waals surface area contributed by atoms with E-state index in [1.54, 1.807) is 5.56 Å². The molecule has 17 heavy (non-hydrogen) atoms. The summed E-state index contributed by atoms with van der Waals surface area (Å²) in [6, 6.07) is 0. The van der Waals surface area contributed by atoms with Crippen molar-refractivity contribution < 1.29 is 4.74 Å². The van der Waals surface area contributed by atoms with Crippen LogP contribution in [0.15, 0.2) is 6.20 Å². The van der Waals surface area contributed by atoms with Crippen LogP contribution in [-0.2, 0) is 4.74 Å². The lowest BCUT2D eigenvalue weighted by Gasteiger charge is -2.22. The summed E-state index contributed by atoms with van der Waals surface area (Å²) in [7, 11) is 0. The molecule has 2 atom stereocenters. The maximum atomic E-state index is 5.45. The summed E-state index contributed by atoms with van der Waals surface area (Å²) in [5, 5.41) is 7.60. The summed E-state index contributed by atoms with van der Waals surface area (Å²) in [5.74, 6) is 3.50. The quantitative estimate of drug-likeness (QED) is 0.851. The van der Waals surface area contributed by atoms with Gasteiger partial charge >= 0.3 is 0 Å². The summed E-state index contributed by atoms with van der Waals surface area (Å²) < 4.78 is 5.45. The van der Waals surface area contributed by atoms with Crippen molar-refractivity contribution in [2.75, 3.05) is 13.2 Å². The first-order chi connectivity index (χ1) is 8.45. The Morgan fingerprint density at radius 3 is 2.65 bits per heavy atom. The van der Waals surface area contributed by atoms with Crippen LogP contribution in [-0.4, -0.2) is 23.4 Å². The number of nitrogens with one attached hydrogen (secondary N) is 1. The van der Waals surface area contributed by atoms with E-state index in [4.69, 9.17) is 4.74 Å². The second-order valence-corrected chi connectivity index (χ2v) is 5.91. The van der Waals surface area contributed by atoms with Gasteiger partial charge in [0, 0.05) is 24.8 Å². The second kappa shape index (κ2) is 3.84. The first kappa shape index (κ1) is 10.1. The van der Waals surface area contributed by atoms with Crippen molar-refractivity contribution in [3.63, 3.8) is 0 Å². The van der Waals surface area contributed by atoms with Gasteiger partial charge in [-0.25, -0.2) is 0 Å². The topological polar surface area (TPSA) is 37.9 Å². The average molecular weight is 232 g/mol. The zero-order valence-corrected chi connectivity index (χ0v) is 10.2. The van der Waals surface area contributed by atoms with Crippen LogP contribution in [0.1, 0.15) is 55.2 Å². The molecule has 2 aliphatic carbocycles. The van der Waals surface area contributed by atoms with Gasteiger partial charge in [-0.2, -0.15) is 5.10 Å². The van der Waals surface area contributed by atoms with E-state index in [9.17, 15) is 0 Å². The van der Waals surface area contributed by atoms with Crippen molar-refractivity contribution in [3.8, 4) is 0 Å². The fourth-order valence-electron chi connectivity index (χ4n) is 4.17. The van der Waals surface area contributed by atoms with E-state index in [1.807, 2.05) is 0 Å². The largest absolute Gasteiger partial charge is 0.381 e. The molecule has 3 heteroatoms. The molecule has 2 saturated carbocycles. The minimum absolute atomic E-state index is 0.669. The Hall–Kier alpha value is -0.830. The summed E-state index contributed by atoms with van der Waals surface area (Å²) in [4.78, 5) is 0. The van der Waals surface area contributed by atoms with Gasteiger partial charge in [-0.3, -0.25) is 5.10 Å². The predicted octanol–water partition coefficient (Wildman–Crippen LogP) is 2.82. The van der Waals surface area contributed by atoms with E-state index >= 15 is 0 Å². The van der Waals surface area contributed by atoms with Gasteiger partial charge in [-0.15, -0.1) is 0 Å². The Morgan fingerprint density at radius 1 is 1.12 bits per heavy atom. The highest BCUT2D eigenvalue weighted by molar-refractivity contribution is 5.33. The molecule has 2 unspecified atom stereocenters. The Balaban J connectivity index is 1.58. The van der Waals surface area contributed by atoms with Crippen molar-refractivity contribution in [1.82, 2.24) is 10.2 Å². The third kappa shape index (κ3) is 1.55. The molecule has 1 aromatic heterocycles. The van der Waals surface area contributed by atoms with Gasteiger partial charge in [0.25, 0.3) is 0 Å². The zero-order valence-electron chi connectivity index (χ0n) is 10.2. The maximum absolute atomic E-state index is 5.45. The Bertz CT molecular complexity index is 382. The second-order valence-electron chi connectivity index (χ2n) is 5.91. The van der Waals surface area contributed by atoms with Gasteiger partial charge in [0.2, 0.25) is 0 Å². The minimum Gasteiger partial charge on any atom is -0.381 e. The fraction of sp³-hybridized carbons (Fsp3) is 0.786. The molecule has 0 bridgehead atoms. The summed E-state index contributed by atoms with van der Waals surface area (Å²) in [5.41, 5.74) is 2.99. The zero-order chi connectivity index (χ0) is 11.2. The van der Waals surface area contributed by atoms with E-state index in [2.05, 4.69) is 16.4 Å². The van der Waals surface area contributed by atoms with E-state index in [0.717, 1.165) is 43.8 Å². The van der Waals surface area contributed by atoms with Gasteiger partial charge < -0.3 is 4.74 Å². The third-order valence-electron chi connectivity index (χ3n) is 5.09. The number of aromatic nitrogens is 2. The van der Waals surface area contributed by atoms with E-state index < -0.39 is 0 Å². The van der Waals surface area contributed by atoms with Crippen molar-refractivity contribution in [2.24, 2.45) is 11.8 Å². The molecule has 4 rings (SSSR count). The van der Waals surface area contributed by atoms with Crippen LogP contribution in [0.3, 0.4) is 0 Å².